The van der Waals surface area contributed by atoms with Crippen molar-refractivity contribution in [3.05, 3.63) is 24.3 Å². The zero-order valence-corrected chi connectivity index (χ0v) is 10.9. The van der Waals surface area contributed by atoms with Gasteiger partial charge in [0.05, 0.1) is 17.1 Å². The third-order valence-corrected chi connectivity index (χ3v) is 3.61. The number of hydrogen-bond donors (Lipinski definition) is 1. The van der Waals surface area contributed by atoms with E-state index in [1.165, 1.54) is 5.52 Å². The second kappa shape index (κ2) is 4.61. The van der Waals surface area contributed by atoms with Gasteiger partial charge in [0.15, 0.2) is 0 Å². The lowest BCUT2D eigenvalue weighted by atomic mass is 10.0. The van der Waals surface area contributed by atoms with Crippen LogP contribution >= 0.6 is 0 Å². The molecule has 1 aromatic heterocycles. The number of ether oxygens (including phenoxy) is 1. The van der Waals surface area contributed by atoms with E-state index >= 15 is 0 Å². The number of aryl methyl sites for hydroxylation is 1. The van der Waals surface area contributed by atoms with Crippen LogP contribution in [0.25, 0.3) is 11.0 Å². The van der Waals surface area contributed by atoms with Crippen molar-refractivity contribution in [1.29, 1.82) is 0 Å². The first-order valence-corrected chi connectivity index (χ1v) is 6.53. The number of rotatable bonds is 2. The molecule has 2 atom stereocenters. The smallest absolute Gasteiger partial charge is 0.203 e. The molecule has 2 aromatic rings. The van der Waals surface area contributed by atoms with E-state index < -0.39 is 0 Å². The Balaban J connectivity index is 1.84. The minimum atomic E-state index is 0.339. The molecule has 1 aromatic carbocycles. The summed E-state index contributed by atoms with van der Waals surface area (Å²) in [5.74, 6) is 0.954. The summed E-state index contributed by atoms with van der Waals surface area (Å²) in [6, 6.07) is 8.68. The fourth-order valence-corrected chi connectivity index (χ4v) is 2.59. The molecule has 3 rings (SSSR count). The first-order chi connectivity index (χ1) is 8.74. The van der Waals surface area contributed by atoms with Crippen molar-refractivity contribution in [2.75, 3.05) is 11.9 Å². The van der Waals surface area contributed by atoms with Crippen molar-refractivity contribution in [1.82, 2.24) is 9.55 Å². The Morgan fingerprint density at radius 1 is 1.39 bits per heavy atom. The Morgan fingerprint density at radius 3 is 3.00 bits per heavy atom. The number of nitrogens with zero attached hydrogens (tertiary/aromatic N) is 2. The molecule has 0 saturated carbocycles. The number of imidazole rings is 1. The lowest BCUT2D eigenvalue weighted by Crippen LogP contribution is -2.33. The number of nitrogens with one attached hydrogen (secondary N) is 1. The average molecular weight is 245 g/mol. The molecule has 1 saturated heterocycles. The second-order valence-corrected chi connectivity index (χ2v) is 5.03. The van der Waals surface area contributed by atoms with Gasteiger partial charge < -0.3 is 14.6 Å². The van der Waals surface area contributed by atoms with Gasteiger partial charge in [0, 0.05) is 19.7 Å². The third kappa shape index (κ3) is 2.08. The monoisotopic (exact) mass is 245 g/mol. The Kier molecular flexibility index (Phi) is 2.96. The number of aromatic nitrogens is 2. The largest absolute Gasteiger partial charge is 0.378 e. The molecule has 0 aliphatic carbocycles. The molecule has 0 spiro atoms. The third-order valence-electron chi connectivity index (χ3n) is 3.61. The molecule has 0 radical (unpaired) electrons. The van der Waals surface area contributed by atoms with Gasteiger partial charge in [0.2, 0.25) is 5.95 Å². The molecule has 4 heteroatoms. The molecular weight excluding hydrogens is 226 g/mol. The van der Waals surface area contributed by atoms with Crippen molar-refractivity contribution in [2.45, 2.75) is 31.9 Å². The first-order valence-electron chi connectivity index (χ1n) is 6.53. The van der Waals surface area contributed by atoms with Crippen molar-refractivity contribution in [3.63, 3.8) is 0 Å². The van der Waals surface area contributed by atoms with Gasteiger partial charge >= 0.3 is 0 Å². The molecule has 4 nitrogen and oxygen atoms in total. The topological polar surface area (TPSA) is 39.1 Å². The lowest BCUT2D eigenvalue weighted by Gasteiger charge is -2.28. The molecule has 0 amide bonds. The average Bonchev–Trinajstić information content (AvgIpc) is 2.67. The molecule has 1 fully saturated rings. The summed E-state index contributed by atoms with van der Waals surface area (Å²) in [7, 11) is 2.06. The van der Waals surface area contributed by atoms with E-state index in [2.05, 4.69) is 34.9 Å². The van der Waals surface area contributed by atoms with E-state index in [4.69, 9.17) is 4.74 Å². The van der Waals surface area contributed by atoms with Crippen LogP contribution in [0.4, 0.5) is 5.95 Å². The summed E-state index contributed by atoms with van der Waals surface area (Å²) in [6.45, 7) is 2.96. The maximum absolute atomic E-state index is 5.57. The summed E-state index contributed by atoms with van der Waals surface area (Å²) < 4.78 is 7.69. The first kappa shape index (κ1) is 11.5. The lowest BCUT2D eigenvalue weighted by molar-refractivity contribution is 0.0231. The van der Waals surface area contributed by atoms with Crippen LogP contribution in [0.1, 0.15) is 19.8 Å². The highest BCUT2D eigenvalue weighted by Crippen LogP contribution is 2.21. The molecule has 1 N–H and O–H groups in total. The summed E-state index contributed by atoms with van der Waals surface area (Å²) in [5.41, 5.74) is 2.21. The Morgan fingerprint density at radius 2 is 2.22 bits per heavy atom. The number of hydrogen-bond acceptors (Lipinski definition) is 3. The fourth-order valence-electron chi connectivity index (χ4n) is 2.59. The highest BCUT2D eigenvalue weighted by molar-refractivity contribution is 5.78. The molecule has 0 bridgehead atoms. The summed E-state index contributed by atoms with van der Waals surface area (Å²) >= 11 is 0. The highest BCUT2D eigenvalue weighted by Gasteiger charge is 2.20. The SMILES string of the molecule is CC1CC(Nc2nc3ccccc3n2C)CCO1. The second-order valence-electron chi connectivity index (χ2n) is 5.03. The Hall–Kier alpha value is -1.55. The van der Waals surface area contributed by atoms with Gasteiger partial charge in [-0.25, -0.2) is 4.98 Å². The van der Waals surface area contributed by atoms with Crippen molar-refractivity contribution in [2.24, 2.45) is 7.05 Å². The van der Waals surface area contributed by atoms with Gasteiger partial charge in [-0.3, -0.25) is 0 Å². The molecule has 18 heavy (non-hydrogen) atoms. The van der Waals surface area contributed by atoms with Crippen molar-refractivity contribution < 1.29 is 4.74 Å². The maximum Gasteiger partial charge on any atom is 0.203 e. The highest BCUT2D eigenvalue weighted by atomic mass is 16.5. The van der Waals surface area contributed by atoms with Gasteiger partial charge in [0.1, 0.15) is 0 Å². The van der Waals surface area contributed by atoms with Crippen LogP contribution in [0.3, 0.4) is 0 Å². The standard InChI is InChI=1S/C14H19N3O/c1-10-9-11(7-8-18-10)15-14-16-12-5-3-4-6-13(12)17(14)2/h3-6,10-11H,7-9H2,1-2H3,(H,15,16). The van der Waals surface area contributed by atoms with Crippen LogP contribution in [0.15, 0.2) is 24.3 Å². The van der Waals surface area contributed by atoms with Crippen LogP contribution in [0.2, 0.25) is 0 Å². The van der Waals surface area contributed by atoms with Crippen molar-refractivity contribution >= 4 is 17.0 Å². The normalized spacial score (nSPS) is 24.3. The predicted molar refractivity (Wildman–Crippen MR) is 72.8 cm³/mol. The van der Waals surface area contributed by atoms with Crippen LogP contribution < -0.4 is 5.32 Å². The Labute approximate surface area is 107 Å². The molecule has 2 unspecified atom stereocenters. The van der Waals surface area contributed by atoms with Crippen LogP contribution in [-0.4, -0.2) is 28.3 Å². The van der Waals surface area contributed by atoms with E-state index in [1.54, 1.807) is 0 Å². The zero-order valence-electron chi connectivity index (χ0n) is 10.9. The fraction of sp³-hybridized carbons (Fsp3) is 0.500. The van der Waals surface area contributed by atoms with Crippen molar-refractivity contribution in [3.8, 4) is 0 Å². The van der Waals surface area contributed by atoms with Crippen LogP contribution in [0.5, 0.6) is 0 Å². The molecule has 96 valence electrons. The quantitative estimate of drug-likeness (QED) is 0.883. The summed E-state index contributed by atoms with van der Waals surface area (Å²) in [6.07, 6.45) is 2.43. The van der Waals surface area contributed by atoms with Gasteiger partial charge in [-0.2, -0.15) is 0 Å². The molecule has 1 aliphatic heterocycles. The number of para-hydroxylation sites is 2. The number of anilines is 1. The van der Waals surface area contributed by atoms with E-state index in [0.717, 1.165) is 30.9 Å². The number of benzene rings is 1. The predicted octanol–water partition coefficient (Wildman–Crippen LogP) is 2.55. The maximum atomic E-state index is 5.57. The molecule has 2 heterocycles. The zero-order chi connectivity index (χ0) is 12.5. The van der Waals surface area contributed by atoms with Gasteiger partial charge in [-0.1, -0.05) is 12.1 Å². The van der Waals surface area contributed by atoms with Crippen LogP contribution in [0, 0.1) is 0 Å². The van der Waals surface area contributed by atoms with Gasteiger partial charge in [0.25, 0.3) is 0 Å². The number of fused-ring (bicyclic) bond motifs is 1. The van der Waals surface area contributed by atoms with Gasteiger partial charge in [-0.15, -0.1) is 0 Å². The van der Waals surface area contributed by atoms with E-state index in [1.807, 2.05) is 18.2 Å². The van der Waals surface area contributed by atoms with Crippen LogP contribution in [-0.2, 0) is 11.8 Å². The molecule has 1 aliphatic rings. The van der Waals surface area contributed by atoms with Gasteiger partial charge in [-0.05, 0) is 31.9 Å². The van der Waals surface area contributed by atoms with E-state index in [-0.39, 0.29) is 0 Å². The summed E-state index contributed by atoms with van der Waals surface area (Å²) in [5, 5.41) is 3.54. The Bertz CT molecular complexity index is 549. The minimum Gasteiger partial charge on any atom is -0.378 e. The minimum absolute atomic E-state index is 0.339. The molecular formula is C14H19N3O. The summed E-state index contributed by atoms with van der Waals surface area (Å²) in [4.78, 5) is 4.64. The van der Waals surface area contributed by atoms with E-state index in [9.17, 15) is 0 Å². The van der Waals surface area contributed by atoms with E-state index in [0.29, 0.717) is 12.1 Å².